The van der Waals surface area contributed by atoms with Crippen molar-refractivity contribution in [2.24, 2.45) is 0 Å². The first-order chi connectivity index (χ1) is 13.8. The summed E-state index contributed by atoms with van der Waals surface area (Å²) in [5.41, 5.74) is 3.54. The zero-order valence-corrected chi connectivity index (χ0v) is 17.2. The van der Waals surface area contributed by atoms with Gasteiger partial charge in [0.05, 0.1) is 4.90 Å². The predicted molar refractivity (Wildman–Crippen MR) is 115 cm³/mol. The van der Waals surface area contributed by atoms with E-state index in [1.807, 2.05) is 62.4 Å². The number of carbonyl (C=O) groups excluding carboxylic acids is 1. The molecule has 1 amide bonds. The first kappa shape index (κ1) is 20.8. The van der Waals surface area contributed by atoms with E-state index in [9.17, 15) is 13.2 Å². The second-order valence-corrected chi connectivity index (χ2v) is 8.76. The fourth-order valence-electron chi connectivity index (χ4n) is 3.17. The number of carbonyl (C=O) groups is 1. The van der Waals surface area contributed by atoms with E-state index in [2.05, 4.69) is 10.0 Å². The second kappa shape index (κ2) is 9.03. The fraction of sp³-hybridized carbons (Fsp3) is 0.174. The van der Waals surface area contributed by atoms with Gasteiger partial charge in [0.2, 0.25) is 15.9 Å². The average molecular weight is 409 g/mol. The molecule has 3 aromatic carbocycles. The van der Waals surface area contributed by atoms with Gasteiger partial charge in [0.1, 0.15) is 6.04 Å². The van der Waals surface area contributed by atoms with Crippen LogP contribution in [0.15, 0.2) is 83.8 Å². The molecule has 5 nitrogen and oxygen atoms in total. The maximum Gasteiger partial charge on any atom is 0.242 e. The summed E-state index contributed by atoms with van der Waals surface area (Å²) in [6, 6.07) is 22.2. The minimum Gasteiger partial charge on any atom is -0.325 e. The monoisotopic (exact) mass is 408 g/mol. The summed E-state index contributed by atoms with van der Waals surface area (Å²) in [6.45, 7) is 3.89. The topological polar surface area (TPSA) is 75.3 Å². The van der Waals surface area contributed by atoms with Crippen LogP contribution in [0, 0.1) is 13.8 Å². The Morgan fingerprint density at radius 2 is 1.41 bits per heavy atom. The van der Waals surface area contributed by atoms with Gasteiger partial charge in [-0.15, -0.1) is 0 Å². The highest BCUT2D eigenvalue weighted by atomic mass is 32.2. The van der Waals surface area contributed by atoms with Crippen molar-refractivity contribution in [2.45, 2.75) is 31.2 Å². The Kier molecular flexibility index (Phi) is 6.46. The molecular formula is C23H24N2O3S. The highest BCUT2D eigenvalue weighted by Gasteiger charge is 2.26. The molecule has 0 aliphatic heterocycles. The van der Waals surface area contributed by atoms with Gasteiger partial charge in [-0.1, -0.05) is 54.6 Å². The lowest BCUT2D eigenvalue weighted by atomic mass is 10.1. The number of amides is 1. The molecule has 0 bridgehead atoms. The molecule has 1 atom stereocenters. The molecule has 29 heavy (non-hydrogen) atoms. The molecule has 0 aliphatic rings. The lowest BCUT2D eigenvalue weighted by molar-refractivity contribution is -0.117. The van der Waals surface area contributed by atoms with E-state index < -0.39 is 22.0 Å². The van der Waals surface area contributed by atoms with Gasteiger partial charge in [0.15, 0.2) is 0 Å². The largest absolute Gasteiger partial charge is 0.325 e. The number of anilines is 1. The van der Waals surface area contributed by atoms with Crippen LogP contribution < -0.4 is 10.0 Å². The zero-order chi connectivity index (χ0) is 20.9. The SMILES string of the molecule is Cc1cc(C)cc(NC(=O)[C@H](Cc2ccccc2)NS(=O)(=O)c2ccccc2)c1. The first-order valence-electron chi connectivity index (χ1n) is 9.34. The normalized spacial score (nSPS) is 12.3. The summed E-state index contributed by atoms with van der Waals surface area (Å²) < 4.78 is 28.2. The van der Waals surface area contributed by atoms with Gasteiger partial charge in [-0.25, -0.2) is 8.42 Å². The lowest BCUT2D eigenvalue weighted by Crippen LogP contribution is -2.45. The molecule has 0 saturated carbocycles. The van der Waals surface area contributed by atoms with Crippen LogP contribution in [0.3, 0.4) is 0 Å². The van der Waals surface area contributed by atoms with E-state index in [1.165, 1.54) is 12.1 Å². The Hall–Kier alpha value is -2.96. The van der Waals surface area contributed by atoms with E-state index in [4.69, 9.17) is 0 Å². The minimum atomic E-state index is -3.84. The van der Waals surface area contributed by atoms with Crippen molar-refractivity contribution in [1.82, 2.24) is 4.72 Å². The predicted octanol–water partition coefficient (Wildman–Crippen LogP) is 3.83. The van der Waals surface area contributed by atoms with Crippen LogP contribution >= 0.6 is 0 Å². The van der Waals surface area contributed by atoms with Gasteiger partial charge < -0.3 is 5.32 Å². The van der Waals surface area contributed by atoms with Gasteiger partial charge in [-0.3, -0.25) is 4.79 Å². The van der Waals surface area contributed by atoms with Crippen LogP contribution in [0.5, 0.6) is 0 Å². The van der Waals surface area contributed by atoms with Gasteiger partial charge in [0, 0.05) is 5.69 Å². The Morgan fingerprint density at radius 1 is 0.862 bits per heavy atom. The molecule has 150 valence electrons. The van der Waals surface area contributed by atoms with Crippen LogP contribution in [0.2, 0.25) is 0 Å². The fourth-order valence-corrected chi connectivity index (χ4v) is 4.39. The van der Waals surface area contributed by atoms with Crippen molar-refractivity contribution in [3.05, 3.63) is 95.6 Å². The molecule has 0 saturated heterocycles. The highest BCUT2D eigenvalue weighted by molar-refractivity contribution is 7.89. The van der Waals surface area contributed by atoms with Gasteiger partial charge in [0.25, 0.3) is 0 Å². The van der Waals surface area contributed by atoms with Crippen molar-refractivity contribution in [3.8, 4) is 0 Å². The Balaban J connectivity index is 1.87. The summed E-state index contributed by atoms with van der Waals surface area (Å²) in [5, 5.41) is 2.85. The van der Waals surface area contributed by atoms with Crippen LogP contribution in [0.1, 0.15) is 16.7 Å². The van der Waals surface area contributed by atoms with Crippen molar-refractivity contribution < 1.29 is 13.2 Å². The summed E-state index contributed by atoms with van der Waals surface area (Å²) in [7, 11) is -3.84. The summed E-state index contributed by atoms with van der Waals surface area (Å²) in [5.74, 6) is -0.404. The van der Waals surface area contributed by atoms with Crippen molar-refractivity contribution in [2.75, 3.05) is 5.32 Å². The molecule has 6 heteroatoms. The molecule has 0 heterocycles. The first-order valence-corrected chi connectivity index (χ1v) is 10.8. The van der Waals surface area contributed by atoms with Gasteiger partial charge in [-0.05, 0) is 61.2 Å². The third-order valence-electron chi connectivity index (χ3n) is 4.44. The quantitative estimate of drug-likeness (QED) is 0.624. The minimum absolute atomic E-state index is 0.122. The third-order valence-corrected chi connectivity index (χ3v) is 5.93. The average Bonchev–Trinajstić information content (AvgIpc) is 2.68. The van der Waals surface area contributed by atoms with Crippen LogP contribution in [0.25, 0.3) is 0 Å². The Labute approximate surface area is 171 Å². The summed E-state index contributed by atoms with van der Waals surface area (Å²) in [6.07, 6.45) is 0.240. The summed E-state index contributed by atoms with van der Waals surface area (Å²) in [4.78, 5) is 13.1. The second-order valence-electron chi connectivity index (χ2n) is 7.04. The smallest absolute Gasteiger partial charge is 0.242 e. The van der Waals surface area contributed by atoms with Crippen LogP contribution in [0.4, 0.5) is 5.69 Å². The number of hydrogen-bond acceptors (Lipinski definition) is 3. The number of benzene rings is 3. The van der Waals surface area contributed by atoms with E-state index in [0.29, 0.717) is 5.69 Å². The summed E-state index contributed by atoms with van der Waals surface area (Å²) >= 11 is 0. The molecule has 0 radical (unpaired) electrons. The van der Waals surface area contributed by atoms with Gasteiger partial charge >= 0.3 is 0 Å². The van der Waals surface area contributed by atoms with E-state index in [1.54, 1.807) is 18.2 Å². The third kappa shape index (κ3) is 5.76. The zero-order valence-electron chi connectivity index (χ0n) is 16.4. The van der Waals surface area contributed by atoms with E-state index in [0.717, 1.165) is 16.7 Å². The van der Waals surface area contributed by atoms with Crippen LogP contribution in [-0.4, -0.2) is 20.4 Å². The van der Waals surface area contributed by atoms with Crippen molar-refractivity contribution in [3.63, 3.8) is 0 Å². The molecular weight excluding hydrogens is 384 g/mol. The van der Waals surface area contributed by atoms with Gasteiger partial charge in [-0.2, -0.15) is 4.72 Å². The lowest BCUT2D eigenvalue weighted by Gasteiger charge is -2.19. The molecule has 0 aliphatic carbocycles. The Bertz CT molecular complexity index is 1060. The maximum atomic E-state index is 13.0. The molecule has 3 rings (SSSR count). The highest BCUT2D eigenvalue weighted by Crippen LogP contribution is 2.16. The number of aryl methyl sites for hydroxylation is 2. The molecule has 0 unspecified atom stereocenters. The van der Waals surface area contributed by atoms with Crippen molar-refractivity contribution >= 4 is 21.6 Å². The molecule has 0 aromatic heterocycles. The van der Waals surface area contributed by atoms with E-state index >= 15 is 0 Å². The molecule has 2 N–H and O–H groups in total. The maximum absolute atomic E-state index is 13.0. The number of nitrogens with one attached hydrogen (secondary N) is 2. The molecule has 3 aromatic rings. The molecule has 0 fully saturated rings. The number of hydrogen-bond donors (Lipinski definition) is 2. The van der Waals surface area contributed by atoms with Crippen molar-refractivity contribution in [1.29, 1.82) is 0 Å². The number of rotatable bonds is 7. The van der Waals surface area contributed by atoms with Crippen LogP contribution in [-0.2, 0) is 21.2 Å². The van der Waals surface area contributed by atoms with E-state index in [-0.39, 0.29) is 11.3 Å². The number of sulfonamides is 1. The standard InChI is InChI=1S/C23H24N2O3S/c1-17-13-18(2)15-20(14-17)24-23(26)22(16-19-9-5-3-6-10-19)25-29(27,28)21-11-7-4-8-12-21/h3-15,22,25H,16H2,1-2H3,(H,24,26)/t22-/m0/s1. The molecule has 0 spiro atoms. The Morgan fingerprint density at radius 3 is 2.00 bits per heavy atom.